The Bertz CT molecular complexity index is 677. The summed E-state index contributed by atoms with van der Waals surface area (Å²) in [7, 11) is 0. The van der Waals surface area contributed by atoms with E-state index in [0.717, 1.165) is 44.8 Å². The lowest BCUT2D eigenvalue weighted by Crippen LogP contribution is -2.40. The van der Waals surface area contributed by atoms with Gasteiger partial charge in [0.25, 0.3) is 5.22 Å². The van der Waals surface area contributed by atoms with Gasteiger partial charge in [0, 0.05) is 31.2 Å². The zero-order valence-corrected chi connectivity index (χ0v) is 14.4. The van der Waals surface area contributed by atoms with Gasteiger partial charge in [0.2, 0.25) is 0 Å². The lowest BCUT2D eigenvalue weighted by Gasteiger charge is -2.42. The third-order valence-corrected chi connectivity index (χ3v) is 5.93. The van der Waals surface area contributed by atoms with Crippen LogP contribution in [0.1, 0.15) is 25.7 Å². The lowest BCUT2D eigenvalue weighted by atomic mass is 9.75. The number of rotatable bonds is 3. The molecule has 1 unspecified atom stereocenters. The molecule has 0 radical (unpaired) electrons. The number of nitrogens with zero attached hydrogens (tertiary/aromatic N) is 2. The first-order valence-corrected chi connectivity index (χ1v) is 9.33. The molecule has 7 heteroatoms. The second-order valence-electron chi connectivity index (χ2n) is 6.35. The Morgan fingerprint density at radius 2 is 2.17 bits per heavy atom. The van der Waals surface area contributed by atoms with Crippen molar-refractivity contribution in [2.45, 2.75) is 37.0 Å². The molecule has 124 valence electrons. The molecule has 1 spiro atoms. The average Bonchev–Trinajstić information content (AvgIpc) is 2.97. The zero-order chi connectivity index (χ0) is 15.7. The van der Waals surface area contributed by atoms with E-state index >= 15 is 0 Å². The highest BCUT2D eigenvalue weighted by atomic mass is 35.5. The third-order valence-electron chi connectivity index (χ3n) is 4.76. The largest absolute Gasteiger partial charge is 0.430 e. The summed E-state index contributed by atoms with van der Waals surface area (Å²) in [6.45, 7) is 2.61. The standard InChI is InChI=1S/C16H19ClN2O3S/c17-11-7-13-14(18-8-11)19-15(22-13)23-9-12-1-2-16(10-21-12)3-5-20-6-4-16/h7-8,12H,1-6,9-10H2. The van der Waals surface area contributed by atoms with Gasteiger partial charge in [-0.05, 0) is 31.1 Å². The minimum Gasteiger partial charge on any atom is -0.430 e. The van der Waals surface area contributed by atoms with Crippen LogP contribution in [-0.4, -0.2) is 41.6 Å². The number of thioether (sulfide) groups is 1. The van der Waals surface area contributed by atoms with E-state index in [1.54, 1.807) is 24.0 Å². The zero-order valence-electron chi connectivity index (χ0n) is 12.8. The molecule has 0 aliphatic carbocycles. The fraction of sp³-hybridized carbons (Fsp3) is 0.625. The third kappa shape index (κ3) is 3.50. The van der Waals surface area contributed by atoms with Crippen LogP contribution in [0, 0.1) is 5.41 Å². The smallest absolute Gasteiger partial charge is 0.258 e. The molecular formula is C16H19ClN2O3S. The van der Waals surface area contributed by atoms with Crippen LogP contribution in [0.4, 0.5) is 0 Å². The van der Waals surface area contributed by atoms with Gasteiger partial charge in [-0.1, -0.05) is 23.4 Å². The molecule has 2 aliphatic heterocycles. The van der Waals surface area contributed by atoms with Gasteiger partial charge in [0.1, 0.15) is 0 Å². The first kappa shape index (κ1) is 15.7. The Labute approximate surface area is 144 Å². The summed E-state index contributed by atoms with van der Waals surface area (Å²) in [5, 5.41) is 1.19. The van der Waals surface area contributed by atoms with E-state index in [4.69, 9.17) is 25.5 Å². The van der Waals surface area contributed by atoms with E-state index in [2.05, 4.69) is 9.97 Å². The van der Waals surface area contributed by atoms with Gasteiger partial charge in [-0.2, -0.15) is 4.98 Å². The van der Waals surface area contributed by atoms with Gasteiger partial charge in [-0.15, -0.1) is 0 Å². The molecule has 0 saturated carbocycles. The molecule has 23 heavy (non-hydrogen) atoms. The van der Waals surface area contributed by atoms with E-state index in [-0.39, 0.29) is 6.10 Å². The van der Waals surface area contributed by atoms with E-state index in [0.29, 0.717) is 26.9 Å². The minimum absolute atomic E-state index is 0.264. The summed E-state index contributed by atoms with van der Waals surface area (Å²) in [6, 6.07) is 1.74. The first-order chi connectivity index (χ1) is 11.2. The normalized spacial score (nSPS) is 24.3. The van der Waals surface area contributed by atoms with Crippen molar-refractivity contribution in [2.75, 3.05) is 25.6 Å². The van der Waals surface area contributed by atoms with E-state index in [1.807, 2.05) is 0 Å². The second-order valence-corrected chi connectivity index (χ2v) is 7.76. The molecule has 2 fully saturated rings. The van der Waals surface area contributed by atoms with Crippen LogP contribution in [0.25, 0.3) is 11.2 Å². The van der Waals surface area contributed by atoms with Crippen molar-refractivity contribution in [2.24, 2.45) is 5.41 Å². The number of pyridine rings is 1. The molecule has 4 heterocycles. The van der Waals surface area contributed by atoms with Gasteiger partial charge >= 0.3 is 0 Å². The molecule has 0 N–H and O–H groups in total. The monoisotopic (exact) mass is 354 g/mol. The summed E-state index contributed by atoms with van der Waals surface area (Å²) in [5.41, 5.74) is 1.59. The Hall–Kier alpha value is -0.820. The molecule has 0 aromatic carbocycles. The highest BCUT2D eigenvalue weighted by molar-refractivity contribution is 7.99. The minimum atomic E-state index is 0.264. The number of hydrogen-bond acceptors (Lipinski definition) is 6. The Morgan fingerprint density at radius 3 is 2.96 bits per heavy atom. The van der Waals surface area contributed by atoms with Gasteiger partial charge in [-0.3, -0.25) is 0 Å². The van der Waals surface area contributed by atoms with Gasteiger partial charge < -0.3 is 13.9 Å². The van der Waals surface area contributed by atoms with Gasteiger partial charge in [-0.25, -0.2) is 4.98 Å². The molecule has 2 aliphatic rings. The first-order valence-electron chi connectivity index (χ1n) is 7.97. The Morgan fingerprint density at radius 1 is 1.30 bits per heavy atom. The maximum Gasteiger partial charge on any atom is 0.258 e. The number of hydrogen-bond donors (Lipinski definition) is 0. The summed E-state index contributed by atoms with van der Waals surface area (Å²) in [5.74, 6) is 0.854. The van der Waals surface area contributed by atoms with Crippen molar-refractivity contribution in [3.63, 3.8) is 0 Å². The van der Waals surface area contributed by atoms with Crippen molar-refractivity contribution in [3.8, 4) is 0 Å². The summed E-state index contributed by atoms with van der Waals surface area (Å²) in [6.07, 6.45) is 6.43. The van der Waals surface area contributed by atoms with Gasteiger partial charge in [0.15, 0.2) is 11.2 Å². The fourth-order valence-electron chi connectivity index (χ4n) is 3.25. The van der Waals surface area contributed by atoms with Crippen LogP contribution in [0.3, 0.4) is 0 Å². The number of fused-ring (bicyclic) bond motifs is 1. The van der Waals surface area contributed by atoms with Crippen molar-refractivity contribution in [1.29, 1.82) is 0 Å². The fourth-order valence-corrected chi connectivity index (χ4v) is 4.29. The summed E-state index contributed by atoms with van der Waals surface area (Å²) >= 11 is 7.49. The van der Waals surface area contributed by atoms with Crippen molar-refractivity contribution in [1.82, 2.24) is 9.97 Å². The Kier molecular flexibility index (Phi) is 4.50. The molecular weight excluding hydrogens is 336 g/mol. The molecule has 4 rings (SSSR count). The van der Waals surface area contributed by atoms with Crippen LogP contribution >= 0.6 is 23.4 Å². The van der Waals surface area contributed by atoms with Gasteiger partial charge in [0.05, 0.1) is 17.7 Å². The summed E-state index contributed by atoms with van der Waals surface area (Å²) < 4.78 is 17.3. The summed E-state index contributed by atoms with van der Waals surface area (Å²) in [4.78, 5) is 8.54. The predicted octanol–water partition coefficient (Wildman–Crippen LogP) is 3.94. The van der Waals surface area contributed by atoms with Crippen molar-refractivity contribution < 1.29 is 13.9 Å². The van der Waals surface area contributed by atoms with Crippen molar-refractivity contribution >= 4 is 34.6 Å². The number of ether oxygens (including phenoxy) is 2. The molecule has 0 amide bonds. The van der Waals surface area contributed by atoms with Crippen LogP contribution in [0.2, 0.25) is 5.02 Å². The Balaban J connectivity index is 1.32. The maximum absolute atomic E-state index is 6.10. The van der Waals surface area contributed by atoms with E-state index < -0.39 is 0 Å². The molecule has 0 bridgehead atoms. The predicted molar refractivity (Wildman–Crippen MR) is 89.0 cm³/mol. The highest BCUT2D eigenvalue weighted by Gasteiger charge is 2.37. The molecule has 1 atom stereocenters. The maximum atomic E-state index is 6.10. The van der Waals surface area contributed by atoms with Crippen LogP contribution in [0.5, 0.6) is 0 Å². The molecule has 2 saturated heterocycles. The van der Waals surface area contributed by atoms with E-state index in [1.165, 1.54) is 6.42 Å². The highest BCUT2D eigenvalue weighted by Crippen LogP contribution is 2.40. The van der Waals surface area contributed by atoms with Crippen molar-refractivity contribution in [3.05, 3.63) is 17.3 Å². The quantitative estimate of drug-likeness (QED) is 0.778. The van der Waals surface area contributed by atoms with Crippen LogP contribution in [0.15, 0.2) is 21.9 Å². The molecule has 2 aromatic heterocycles. The lowest BCUT2D eigenvalue weighted by molar-refractivity contribution is -0.0980. The molecule has 5 nitrogen and oxygen atoms in total. The SMILES string of the molecule is Clc1cnc2nc(SCC3CCC4(CCOCC4)CO3)oc2c1. The average molecular weight is 355 g/mol. The number of halogens is 1. The number of oxazole rings is 1. The second kappa shape index (κ2) is 6.59. The van der Waals surface area contributed by atoms with E-state index in [9.17, 15) is 0 Å². The number of aromatic nitrogens is 2. The van der Waals surface area contributed by atoms with Crippen LogP contribution < -0.4 is 0 Å². The molecule has 2 aromatic rings. The topological polar surface area (TPSA) is 57.4 Å². The van der Waals surface area contributed by atoms with Crippen LogP contribution in [-0.2, 0) is 9.47 Å².